The fourth-order valence-electron chi connectivity index (χ4n) is 3.84. The molecule has 1 amide bonds. The SMILES string of the molecule is COc1ccccc1C1(C(=O)Nc2cccc(-c3ccc(CNS(C)(=O)=O)cc3)c2)CC1.[HH].[HH]. The minimum absolute atomic E-state index is 0. The smallest absolute Gasteiger partial charge is 0.235 e. The van der Waals surface area contributed by atoms with Gasteiger partial charge in [0, 0.05) is 20.6 Å². The molecule has 2 N–H and O–H groups in total. The van der Waals surface area contributed by atoms with E-state index >= 15 is 0 Å². The topological polar surface area (TPSA) is 84.5 Å². The molecular weight excluding hydrogens is 424 g/mol. The molecule has 0 radical (unpaired) electrons. The van der Waals surface area contributed by atoms with Gasteiger partial charge in [0.25, 0.3) is 0 Å². The number of para-hydroxylation sites is 1. The molecule has 0 aromatic heterocycles. The van der Waals surface area contributed by atoms with Gasteiger partial charge >= 0.3 is 0 Å². The quantitative estimate of drug-likeness (QED) is 0.522. The predicted molar refractivity (Wildman–Crippen MR) is 130 cm³/mol. The maximum Gasteiger partial charge on any atom is 0.235 e. The summed E-state index contributed by atoms with van der Waals surface area (Å²) in [6.07, 6.45) is 2.73. The number of carbonyl (C=O) groups is 1. The number of amides is 1. The van der Waals surface area contributed by atoms with E-state index in [1.165, 1.54) is 0 Å². The third kappa shape index (κ3) is 4.84. The van der Waals surface area contributed by atoms with Gasteiger partial charge in [0.05, 0.1) is 18.8 Å². The Bertz CT molecular complexity index is 1240. The van der Waals surface area contributed by atoms with E-state index in [0.29, 0.717) is 0 Å². The molecule has 0 bridgehead atoms. The zero-order valence-electron chi connectivity index (χ0n) is 18.1. The van der Waals surface area contributed by atoms with Gasteiger partial charge < -0.3 is 10.1 Å². The number of carbonyl (C=O) groups excluding carboxylic acids is 1. The van der Waals surface area contributed by atoms with Crippen LogP contribution in [0.2, 0.25) is 0 Å². The molecule has 6 nitrogen and oxygen atoms in total. The van der Waals surface area contributed by atoms with Crippen molar-refractivity contribution in [1.82, 2.24) is 4.72 Å². The number of sulfonamides is 1. The lowest BCUT2D eigenvalue weighted by atomic mass is 9.93. The molecule has 170 valence electrons. The Morgan fingerprint density at radius 1 is 1.00 bits per heavy atom. The monoisotopic (exact) mass is 454 g/mol. The molecule has 4 rings (SSSR count). The van der Waals surface area contributed by atoms with Gasteiger partial charge in [-0.3, -0.25) is 4.79 Å². The molecule has 0 heterocycles. The zero-order chi connectivity index (χ0) is 22.8. The first-order valence-electron chi connectivity index (χ1n) is 10.4. The van der Waals surface area contributed by atoms with Crippen molar-refractivity contribution in [3.8, 4) is 16.9 Å². The Labute approximate surface area is 191 Å². The standard InChI is InChI=1S/C25H26N2O4S.2H2/c1-31-23-9-4-3-8-22(23)25(14-15-25)24(28)27-21-7-5-6-20(16-21)19-12-10-18(11-13-19)17-26-32(2,29)30;;/h3-13,16,26H,14-15,17H2,1-2H3,(H,27,28);2*1H. The number of anilines is 1. The zero-order valence-corrected chi connectivity index (χ0v) is 18.9. The average molecular weight is 455 g/mol. The van der Waals surface area contributed by atoms with Crippen molar-refractivity contribution in [2.75, 3.05) is 18.7 Å². The molecule has 32 heavy (non-hydrogen) atoms. The lowest BCUT2D eigenvalue weighted by Crippen LogP contribution is -2.28. The Balaban J connectivity index is 0.00000204. The van der Waals surface area contributed by atoms with Crippen molar-refractivity contribution in [2.24, 2.45) is 0 Å². The number of rotatable bonds is 8. The molecule has 0 atom stereocenters. The summed E-state index contributed by atoms with van der Waals surface area (Å²) in [6, 6.07) is 23.1. The lowest BCUT2D eigenvalue weighted by molar-refractivity contribution is -0.118. The van der Waals surface area contributed by atoms with Crippen molar-refractivity contribution in [2.45, 2.75) is 24.8 Å². The van der Waals surface area contributed by atoms with Gasteiger partial charge in [-0.05, 0) is 47.7 Å². The highest BCUT2D eigenvalue weighted by Gasteiger charge is 2.52. The highest BCUT2D eigenvalue weighted by molar-refractivity contribution is 7.88. The molecule has 1 aliphatic rings. The Morgan fingerprint density at radius 3 is 2.38 bits per heavy atom. The van der Waals surface area contributed by atoms with Gasteiger partial charge in [-0.25, -0.2) is 13.1 Å². The number of benzene rings is 3. The average Bonchev–Trinajstić information content (AvgIpc) is 3.60. The molecule has 0 saturated heterocycles. The van der Waals surface area contributed by atoms with Crippen LogP contribution < -0.4 is 14.8 Å². The summed E-state index contributed by atoms with van der Waals surface area (Å²) in [4.78, 5) is 13.2. The van der Waals surface area contributed by atoms with E-state index in [-0.39, 0.29) is 15.3 Å². The summed E-state index contributed by atoms with van der Waals surface area (Å²) < 4.78 is 30.5. The van der Waals surface area contributed by atoms with Crippen LogP contribution in [0.15, 0.2) is 72.8 Å². The van der Waals surface area contributed by atoms with Gasteiger partial charge in [-0.2, -0.15) is 0 Å². The van der Waals surface area contributed by atoms with Crippen LogP contribution in [0.25, 0.3) is 11.1 Å². The van der Waals surface area contributed by atoms with Crippen molar-refractivity contribution < 1.29 is 20.8 Å². The molecule has 1 saturated carbocycles. The first kappa shape index (κ1) is 22.0. The summed E-state index contributed by atoms with van der Waals surface area (Å²) >= 11 is 0. The molecule has 1 fully saturated rings. The summed E-state index contributed by atoms with van der Waals surface area (Å²) in [6.45, 7) is 0.250. The van der Waals surface area contributed by atoms with Gasteiger partial charge in [0.1, 0.15) is 5.75 Å². The number of hydrogen-bond acceptors (Lipinski definition) is 4. The maximum atomic E-state index is 13.2. The van der Waals surface area contributed by atoms with E-state index in [4.69, 9.17) is 4.74 Å². The Morgan fingerprint density at radius 2 is 1.72 bits per heavy atom. The summed E-state index contributed by atoms with van der Waals surface area (Å²) in [5.74, 6) is 0.709. The minimum Gasteiger partial charge on any atom is -0.496 e. The van der Waals surface area contributed by atoms with E-state index in [1.807, 2.05) is 72.8 Å². The van der Waals surface area contributed by atoms with Crippen LogP contribution in [0.3, 0.4) is 0 Å². The normalized spacial score (nSPS) is 14.6. The van der Waals surface area contributed by atoms with E-state index in [0.717, 1.165) is 52.8 Å². The number of methoxy groups -OCH3 is 1. The van der Waals surface area contributed by atoms with Gasteiger partial charge in [-0.1, -0.05) is 54.6 Å². The molecule has 7 heteroatoms. The van der Waals surface area contributed by atoms with Crippen LogP contribution >= 0.6 is 0 Å². The van der Waals surface area contributed by atoms with Crippen molar-refractivity contribution in [3.63, 3.8) is 0 Å². The molecule has 0 spiro atoms. The van der Waals surface area contributed by atoms with Crippen LogP contribution in [-0.4, -0.2) is 27.7 Å². The first-order chi connectivity index (χ1) is 15.3. The van der Waals surface area contributed by atoms with Crippen molar-refractivity contribution in [3.05, 3.63) is 83.9 Å². The van der Waals surface area contributed by atoms with Crippen LogP contribution in [0.4, 0.5) is 5.69 Å². The maximum absolute atomic E-state index is 13.2. The Kier molecular flexibility index (Phi) is 6.04. The Hall–Kier alpha value is -3.16. The fourth-order valence-corrected chi connectivity index (χ4v) is 4.27. The molecule has 3 aromatic rings. The third-order valence-electron chi connectivity index (χ3n) is 5.75. The minimum atomic E-state index is -3.23. The fraction of sp³-hybridized carbons (Fsp3) is 0.240. The number of ether oxygens (including phenoxy) is 1. The van der Waals surface area contributed by atoms with Crippen molar-refractivity contribution in [1.29, 1.82) is 0 Å². The van der Waals surface area contributed by atoms with E-state index in [2.05, 4.69) is 10.0 Å². The van der Waals surface area contributed by atoms with Crippen LogP contribution in [0.1, 0.15) is 26.8 Å². The van der Waals surface area contributed by atoms with E-state index < -0.39 is 15.4 Å². The van der Waals surface area contributed by atoms with Gasteiger partial charge in [0.2, 0.25) is 15.9 Å². The predicted octanol–water partition coefficient (Wildman–Crippen LogP) is 4.57. The number of hydrogen-bond donors (Lipinski definition) is 2. The highest BCUT2D eigenvalue weighted by atomic mass is 32.2. The highest BCUT2D eigenvalue weighted by Crippen LogP contribution is 2.52. The van der Waals surface area contributed by atoms with Crippen LogP contribution in [-0.2, 0) is 26.8 Å². The molecular formula is C25H30N2O4S. The third-order valence-corrected chi connectivity index (χ3v) is 6.42. The second-order valence-electron chi connectivity index (χ2n) is 8.11. The van der Waals surface area contributed by atoms with Crippen molar-refractivity contribution >= 4 is 21.6 Å². The summed E-state index contributed by atoms with van der Waals surface area (Å²) in [7, 11) is -1.61. The number of nitrogens with one attached hydrogen (secondary N) is 2. The lowest BCUT2D eigenvalue weighted by Gasteiger charge is -2.19. The largest absolute Gasteiger partial charge is 0.496 e. The van der Waals surface area contributed by atoms with E-state index in [1.54, 1.807) is 7.11 Å². The van der Waals surface area contributed by atoms with Gasteiger partial charge in [-0.15, -0.1) is 0 Å². The molecule has 0 aliphatic heterocycles. The molecule has 1 aliphatic carbocycles. The second-order valence-corrected chi connectivity index (χ2v) is 9.94. The van der Waals surface area contributed by atoms with Crippen LogP contribution in [0.5, 0.6) is 5.75 Å². The molecule has 3 aromatic carbocycles. The summed E-state index contributed by atoms with van der Waals surface area (Å²) in [5.41, 5.74) is 3.93. The summed E-state index contributed by atoms with van der Waals surface area (Å²) in [5, 5.41) is 3.08. The first-order valence-corrected chi connectivity index (χ1v) is 12.3. The second kappa shape index (κ2) is 8.76. The van der Waals surface area contributed by atoms with Crippen LogP contribution in [0, 0.1) is 0 Å². The van der Waals surface area contributed by atoms with E-state index in [9.17, 15) is 13.2 Å². The van der Waals surface area contributed by atoms with Gasteiger partial charge in [0.15, 0.2) is 0 Å². The molecule has 0 unspecified atom stereocenters.